The third-order valence-corrected chi connectivity index (χ3v) is 4.53. The van der Waals surface area contributed by atoms with Crippen molar-refractivity contribution in [2.75, 3.05) is 13.4 Å². The van der Waals surface area contributed by atoms with Gasteiger partial charge in [0.15, 0.2) is 27.1 Å². The predicted octanol–water partition coefficient (Wildman–Crippen LogP) is 3.60. The lowest BCUT2D eigenvalue weighted by Gasteiger charge is -2.10. The Morgan fingerprint density at radius 1 is 1.08 bits per heavy atom. The minimum absolute atomic E-state index is 0.109. The second-order valence-corrected chi connectivity index (χ2v) is 7.30. The fourth-order valence-corrected chi connectivity index (χ4v) is 2.75. The SMILES string of the molecule is COc1cc(/C=C/C(=O)c2ccc(S(C)(=O)=O)cc2)ccc1OC(F)F. The Bertz CT molecular complexity index is 919. The molecule has 0 fully saturated rings. The van der Waals surface area contributed by atoms with E-state index in [1.54, 1.807) is 0 Å². The van der Waals surface area contributed by atoms with Crippen LogP contribution in [-0.4, -0.2) is 34.2 Å². The minimum Gasteiger partial charge on any atom is -0.493 e. The highest BCUT2D eigenvalue weighted by atomic mass is 32.2. The second kappa shape index (κ2) is 8.09. The molecule has 0 N–H and O–H groups in total. The summed E-state index contributed by atoms with van der Waals surface area (Å²) in [7, 11) is -2.01. The van der Waals surface area contributed by atoms with Crippen molar-refractivity contribution in [1.29, 1.82) is 0 Å². The van der Waals surface area contributed by atoms with Crippen molar-refractivity contribution in [3.05, 3.63) is 59.7 Å². The summed E-state index contributed by atoms with van der Waals surface area (Å²) in [5.74, 6) is -0.336. The number of alkyl halides is 2. The minimum atomic E-state index is -3.33. The molecule has 0 saturated carbocycles. The number of hydrogen-bond donors (Lipinski definition) is 0. The number of ether oxygens (including phenoxy) is 2. The van der Waals surface area contributed by atoms with Gasteiger partial charge < -0.3 is 9.47 Å². The zero-order valence-corrected chi connectivity index (χ0v) is 14.8. The number of hydrogen-bond acceptors (Lipinski definition) is 5. The molecule has 2 aromatic rings. The molecule has 2 rings (SSSR count). The summed E-state index contributed by atoms with van der Waals surface area (Å²) in [5.41, 5.74) is 0.864. The molecule has 0 atom stereocenters. The van der Waals surface area contributed by atoms with E-state index in [0.29, 0.717) is 11.1 Å². The van der Waals surface area contributed by atoms with Gasteiger partial charge in [0.2, 0.25) is 0 Å². The Balaban J connectivity index is 2.17. The smallest absolute Gasteiger partial charge is 0.387 e. The Morgan fingerprint density at radius 3 is 2.27 bits per heavy atom. The summed E-state index contributed by atoms with van der Waals surface area (Å²) < 4.78 is 56.8. The van der Waals surface area contributed by atoms with Crippen molar-refractivity contribution >= 4 is 21.7 Å². The van der Waals surface area contributed by atoms with Crippen LogP contribution in [-0.2, 0) is 9.84 Å². The first-order valence-corrected chi connectivity index (χ1v) is 9.25. The molecule has 0 aliphatic rings. The molecule has 0 saturated heterocycles. The van der Waals surface area contributed by atoms with E-state index in [2.05, 4.69) is 4.74 Å². The van der Waals surface area contributed by atoms with Gasteiger partial charge in [-0.2, -0.15) is 8.78 Å². The number of carbonyl (C=O) groups excluding carboxylic acids is 1. The maximum Gasteiger partial charge on any atom is 0.387 e. The molecule has 0 heterocycles. The van der Waals surface area contributed by atoms with Crippen LogP contribution in [0.25, 0.3) is 6.08 Å². The van der Waals surface area contributed by atoms with Gasteiger partial charge in [0.05, 0.1) is 12.0 Å². The maximum atomic E-state index is 12.3. The molecule has 5 nitrogen and oxygen atoms in total. The number of benzene rings is 2. The average Bonchev–Trinajstić information content (AvgIpc) is 2.59. The van der Waals surface area contributed by atoms with Crippen LogP contribution in [0, 0.1) is 0 Å². The largest absolute Gasteiger partial charge is 0.493 e. The van der Waals surface area contributed by atoms with Crippen LogP contribution in [0.2, 0.25) is 0 Å². The first-order chi connectivity index (χ1) is 12.2. The number of rotatable bonds is 7. The molecular weight excluding hydrogens is 366 g/mol. The number of carbonyl (C=O) groups is 1. The normalized spacial score (nSPS) is 11.7. The van der Waals surface area contributed by atoms with Gasteiger partial charge in [-0.25, -0.2) is 8.42 Å². The van der Waals surface area contributed by atoms with E-state index in [1.165, 1.54) is 61.7 Å². The molecule has 0 aliphatic heterocycles. The van der Waals surface area contributed by atoms with E-state index in [-0.39, 0.29) is 22.2 Å². The van der Waals surface area contributed by atoms with E-state index < -0.39 is 16.4 Å². The highest BCUT2D eigenvalue weighted by molar-refractivity contribution is 7.90. The highest BCUT2D eigenvalue weighted by Crippen LogP contribution is 2.29. The van der Waals surface area contributed by atoms with Gasteiger partial charge in [-0.15, -0.1) is 0 Å². The van der Waals surface area contributed by atoms with Crippen LogP contribution in [0.1, 0.15) is 15.9 Å². The van der Waals surface area contributed by atoms with E-state index >= 15 is 0 Å². The molecule has 26 heavy (non-hydrogen) atoms. The van der Waals surface area contributed by atoms with Crippen LogP contribution in [0.15, 0.2) is 53.4 Å². The molecular formula is C18H16F2O5S. The number of halogens is 2. The number of methoxy groups -OCH3 is 1. The topological polar surface area (TPSA) is 69.7 Å². The van der Waals surface area contributed by atoms with Crippen molar-refractivity contribution in [1.82, 2.24) is 0 Å². The fraction of sp³-hybridized carbons (Fsp3) is 0.167. The lowest BCUT2D eigenvalue weighted by atomic mass is 10.1. The van der Waals surface area contributed by atoms with Crippen LogP contribution in [0.3, 0.4) is 0 Å². The Kier molecular flexibility index (Phi) is 6.10. The predicted molar refractivity (Wildman–Crippen MR) is 92.5 cm³/mol. The molecule has 0 amide bonds. The fourth-order valence-electron chi connectivity index (χ4n) is 2.12. The summed E-state index contributed by atoms with van der Waals surface area (Å²) in [6.45, 7) is -2.97. The molecule has 0 aliphatic carbocycles. The van der Waals surface area contributed by atoms with Gasteiger partial charge >= 0.3 is 6.61 Å². The zero-order chi connectivity index (χ0) is 19.3. The summed E-state index contributed by atoms with van der Waals surface area (Å²) in [6, 6.07) is 9.82. The summed E-state index contributed by atoms with van der Waals surface area (Å²) >= 11 is 0. The second-order valence-electron chi connectivity index (χ2n) is 5.28. The van der Waals surface area contributed by atoms with Gasteiger partial charge in [0, 0.05) is 11.8 Å². The third-order valence-electron chi connectivity index (χ3n) is 3.40. The Labute approximate surface area is 149 Å². The van der Waals surface area contributed by atoms with Crippen LogP contribution in [0.5, 0.6) is 11.5 Å². The molecule has 8 heteroatoms. The summed E-state index contributed by atoms with van der Waals surface area (Å²) in [4.78, 5) is 12.3. The molecule has 0 bridgehead atoms. The van der Waals surface area contributed by atoms with Crippen molar-refractivity contribution in [2.45, 2.75) is 11.5 Å². The standard InChI is InChI=1S/C18H16F2O5S/c1-24-17-11-12(4-10-16(17)25-18(19)20)3-9-15(21)13-5-7-14(8-6-13)26(2,22)23/h3-11,18H,1-2H3/b9-3+. The first-order valence-electron chi connectivity index (χ1n) is 7.36. The van der Waals surface area contributed by atoms with Crippen LogP contribution < -0.4 is 9.47 Å². The van der Waals surface area contributed by atoms with Gasteiger partial charge in [0.1, 0.15) is 0 Å². The van der Waals surface area contributed by atoms with Crippen molar-refractivity contribution < 1.29 is 31.5 Å². The summed E-state index contributed by atoms with van der Waals surface area (Å²) in [5, 5.41) is 0. The van der Waals surface area contributed by atoms with Crippen molar-refractivity contribution in [2.24, 2.45) is 0 Å². The lowest BCUT2D eigenvalue weighted by molar-refractivity contribution is -0.0512. The highest BCUT2D eigenvalue weighted by Gasteiger charge is 2.11. The lowest BCUT2D eigenvalue weighted by Crippen LogP contribution is -2.03. The number of ketones is 1. The van der Waals surface area contributed by atoms with Gasteiger partial charge in [-0.05, 0) is 48.0 Å². The van der Waals surface area contributed by atoms with E-state index in [0.717, 1.165) is 6.26 Å². The quantitative estimate of drug-likeness (QED) is 0.541. The maximum absolute atomic E-state index is 12.3. The molecule has 138 valence electrons. The third kappa shape index (κ3) is 5.13. The zero-order valence-electron chi connectivity index (χ0n) is 14.0. The van der Waals surface area contributed by atoms with Gasteiger partial charge in [-0.1, -0.05) is 12.1 Å². The molecule has 0 radical (unpaired) electrons. The molecule has 0 unspecified atom stereocenters. The number of allylic oxidation sites excluding steroid dienone is 1. The average molecular weight is 382 g/mol. The van der Waals surface area contributed by atoms with Crippen LogP contribution in [0.4, 0.5) is 8.78 Å². The Morgan fingerprint density at radius 2 is 1.73 bits per heavy atom. The van der Waals surface area contributed by atoms with Crippen molar-refractivity contribution in [3.63, 3.8) is 0 Å². The van der Waals surface area contributed by atoms with Gasteiger partial charge in [0.25, 0.3) is 0 Å². The van der Waals surface area contributed by atoms with E-state index in [9.17, 15) is 22.0 Å². The van der Waals surface area contributed by atoms with E-state index in [4.69, 9.17) is 4.74 Å². The first kappa shape index (κ1) is 19.6. The van der Waals surface area contributed by atoms with E-state index in [1.807, 2.05) is 0 Å². The van der Waals surface area contributed by atoms with Crippen molar-refractivity contribution in [3.8, 4) is 11.5 Å². The Hall–Kier alpha value is -2.74. The molecule has 0 spiro atoms. The van der Waals surface area contributed by atoms with Crippen LogP contribution >= 0.6 is 0 Å². The van der Waals surface area contributed by atoms with Gasteiger partial charge in [-0.3, -0.25) is 4.79 Å². The number of sulfone groups is 1. The summed E-state index contributed by atoms with van der Waals surface area (Å²) in [6.07, 6.45) is 3.86. The monoisotopic (exact) mass is 382 g/mol. The molecule has 0 aromatic heterocycles. The molecule has 2 aromatic carbocycles.